The lowest BCUT2D eigenvalue weighted by molar-refractivity contribution is -0.121. The van der Waals surface area contributed by atoms with Gasteiger partial charge in [0.05, 0.1) is 51.0 Å². The van der Waals surface area contributed by atoms with Gasteiger partial charge >= 0.3 is 0 Å². The Morgan fingerprint density at radius 1 is 0.966 bits per heavy atom. The van der Waals surface area contributed by atoms with Crippen molar-refractivity contribution < 1.29 is 28.5 Å². The molecule has 2 aromatic carbocycles. The molecular weight excluding hydrogens is 735 g/mol. The number of rotatable bonds is 20. The first kappa shape index (κ1) is 42.8. The highest BCUT2D eigenvalue weighted by atomic mass is 16.5. The summed E-state index contributed by atoms with van der Waals surface area (Å²) in [4.78, 5) is 39.4. The van der Waals surface area contributed by atoms with Gasteiger partial charge in [0.15, 0.2) is 0 Å². The van der Waals surface area contributed by atoms with E-state index in [-0.39, 0.29) is 29.3 Å². The number of hydrogen-bond donors (Lipinski definition) is 3. The van der Waals surface area contributed by atoms with Crippen molar-refractivity contribution in [3.8, 4) is 5.75 Å². The van der Waals surface area contributed by atoms with E-state index in [4.69, 9.17) is 23.9 Å². The van der Waals surface area contributed by atoms with Crippen LogP contribution in [-0.2, 0) is 30.8 Å². The minimum Gasteiger partial charge on any atom is -0.491 e. The predicted molar refractivity (Wildman–Crippen MR) is 226 cm³/mol. The predicted octanol–water partition coefficient (Wildman–Crippen LogP) is 5.02. The van der Waals surface area contributed by atoms with Gasteiger partial charge in [0.25, 0.3) is 5.91 Å². The van der Waals surface area contributed by atoms with Gasteiger partial charge in [-0.2, -0.15) is 0 Å². The van der Waals surface area contributed by atoms with Crippen LogP contribution in [-0.4, -0.2) is 118 Å². The van der Waals surface area contributed by atoms with E-state index in [1.807, 2.05) is 53.6 Å². The lowest BCUT2D eigenvalue weighted by Crippen LogP contribution is -2.59. The lowest BCUT2D eigenvalue weighted by Gasteiger charge is -2.39. The van der Waals surface area contributed by atoms with Gasteiger partial charge in [0, 0.05) is 86.7 Å². The summed E-state index contributed by atoms with van der Waals surface area (Å²) in [6, 6.07) is 21.9. The minimum atomic E-state index is -0.232. The molecule has 2 aromatic heterocycles. The fourth-order valence-electron chi connectivity index (χ4n) is 7.49. The van der Waals surface area contributed by atoms with Gasteiger partial charge in [-0.15, -0.1) is 0 Å². The van der Waals surface area contributed by atoms with Crippen molar-refractivity contribution in [2.75, 3.05) is 89.7 Å². The maximum absolute atomic E-state index is 13.8. The monoisotopic (exact) mass is 793 g/mol. The molecule has 0 spiro atoms. The number of anilines is 2. The number of fused-ring (bicyclic) bond motifs is 1. The number of carbonyl (C=O) groups is 2. The SMILES string of the molecule is COC[C@H]1CN[C@H](C)CN1CC(=O)N1CC(C)(C)c2ncc(Cc3cccc(OCCOCCOCCN[C@H](C)c4ccc(C(=O)Nc5ccncc5)cc4)c3)cc21. The van der Waals surface area contributed by atoms with Crippen molar-refractivity contribution >= 4 is 23.2 Å². The number of ether oxygens (including phenoxy) is 4. The summed E-state index contributed by atoms with van der Waals surface area (Å²) in [6.45, 7) is 14.8. The zero-order valence-electron chi connectivity index (χ0n) is 34.5. The smallest absolute Gasteiger partial charge is 0.255 e. The molecule has 1 fully saturated rings. The molecule has 2 amide bonds. The van der Waals surface area contributed by atoms with Crippen LogP contribution in [0.3, 0.4) is 0 Å². The zero-order valence-corrected chi connectivity index (χ0v) is 34.5. The Morgan fingerprint density at radius 2 is 1.72 bits per heavy atom. The third-order valence-corrected chi connectivity index (χ3v) is 10.6. The average molecular weight is 794 g/mol. The third kappa shape index (κ3) is 11.9. The van der Waals surface area contributed by atoms with Crippen LogP contribution in [0.15, 0.2) is 85.3 Å². The van der Waals surface area contributed by atoms with Gasteiger partial charge in [-0.3, -0.25) is 24.5 Å². The van der Waals surface area contributed by atoms with Crippen LogP contribution in [0.25, 0.3) is 0 Å². The van der Waals surface area contributed by atoms with Gasteiger partial charge in [-0.25, -0.2) is 0 Å². The van der Waals surface area contributed by atoms with Crippen molar-refractivity contribution in [2.24, 2.45) is 0 Å². The van der Waals surface area contributed by atoms with Crippen molar-refractivity contribution in [2.45, 2.75) is 57.7 Å². The molecule has 0 bridgehead atoms. The summed E-state index contributed by atoms with van der Waals surface area (Å²) in [6.07, 6.45) is 5.90. The number of aromatic nitrogens is 2. The summed E-state index contributed by atoms with van der Waals surface area (Å²) in [5.74, 6) is 0.720. The molecule has 13 nitrogen and oxygen atoms in total. The van der Waals surface area contributed by atoms with Gasteiger partial charge in [-0.05, 0) is 79.4 Å². The standard InChI is InChI=1S/C45H59N7O6/c1-32-28-51(39(27-48-32)30-55-5)29-42(53)52-31-45(3,4)43-41(52)25-35(26-49-43)23-34-7-6-8-40(24-34)58-22-21-57-20-19-56-18-17-47-33(2)36-9-11-37(12-10-36)44(54)50-38-13-15-46-16-14-38/h6-16,24-26,32-33,39,47-48H,17-23,27-31H2,1-5H3,(H,46,50,54)/t32-,33-,39-/m1/s1. The van der Waals surface area contributed by atoms with E-state index >= 15 is 0 Å². The quantitative estimate of drug-likeness (QED) is 0.104. The normalized spacial score (nSPS) is 18.1. The number of pyridine rings is 2. The Morgan fingerprint density at radius 3 is 2.50 bits per heavy atom. The number of amides is 2. The van der Waals surface area contributed by atoms with Crippen molar-refractivity contribution in [3.63, 3.8) is 0 Å². The van der Waals surface area contributed by atoms with Crippen LogP contribution in [0.4, 0.5) is 11.4 Å². The van der Waals surface area contributed by atoms with Crippen molar-refractivity contribution in [1.82, 2.24) is 25.5 Å². The molecule has 3 atom stereocenters. The molecule has 1 saturated heterocycles. The second kappa shape index (κ2) is 20.8. The van der Waals surface area contributed by atoms with Crippen LogP contribution in [0.1, 0.15) is 66.5 Å². The maximum atomic E-state index is 13.8. The number of carbonyl (C=O) groups excluding carboxylic acids is 2. The topological polar surface area (TPSA) is 139 Å². The van der Waals surface area contributed by atoms with Gasteiger partial charge in [0.1, 0.15) is 12.4 Å². The number of methoxy groups -OCH3 is 1. The Balaban J connectivity index is 0.877. The fourth-order valence-corrected chi connectivity index (χ4v) is 7.49. The second-order valence-electron chi connectivity index (χ2n) is 15.8. The maximum Gasteiger partial charge on any atom is 0.255 e. The minimum absolute atomic E-state index is 0.0954. The number of benzene rings is 2. The number of hydrogen-bond acceptors (Lipinski definition) is 11. The van der Waals surface area contributed by atoms with Gasteiger partial charge in [0.2, 0.25) is 5.91 Å². The van der Waals surface area contributed by atoms with E-state index < -0.39 is 0 Å². The molecule has 2 aliphatic heterocycles. The van der Waals surface area contributed by atoms with E-state index in [9.17, 15) is 9.59 Å². The van der Waals surface area contributed by atoms with Gasteiger partial charge in [-0.1, -0.05) is 38.1 Å². The Hall–Kier alpha value is -4.76. The molecule has 310 valence electrons. The first-order valence-corrected chi connectivity index (χ1v) is 20.3. The third-order valence-electron chi connectivity index (χ3n) is 10.6. The van der Waals surface area contributed by atoms with E-state index in [0.29, 0.717) is 83.0 Å². The van der Waals surface area contributed by atoms with Crippen LogP contribution in [0.2, 0.25) is 0 Å². The van der Waals surface area contributed by atoms with Crippen molar-refractivity contribution in [3.05, 3.63) is 113 Å². The molecule has 0 aliphatic carbocycles. The lowest BCUT2D eigenvalue weighted by atomic mass is 9.91. The molecule has 3 N–H and O–H groups in total. The van der Waals surface area contributed by atoms with Crippen molar-refractivity contribution in [1.29, 1.82) is 0 Å². The summed E-state index contributed by atoms with van der Waals surface area (Å²) in [5, 5.41) is 9.84. The van der Waals surface area contributed by atoms with Gasteiger partial charge < -0.3 is 39.8 Å². The van der Waals surface area contributed by atoms with E-state index in [0.717, 1.165) is 46.9 Å². The highest BCUT2D eigenvalue weighted by Crippen LogP contribution is 2.40. The zero-order chi connectivity index (χ0) is 40.9. The first-order chi connectivity index (χ1) is 28.1. The molecule has 2 aliphatic rings. The molecule has 4 heterocycles. The van der Waals surface area contributed by atoms with Crippen LogP contribution in [0, 0.1) is 0 Å². The highest BCUT2D eigenvalue weighted by molar-refractivity contribution is 6.04. The molecular formula is C45H59N7O6. The van der Waals surface area contributed by atoms with Crippen LogP contribution in [0.5, 0.6) is 5.75 Å². The average Bonchev–Trinajstić information content (AvgIpc) is 3.49. The summed E-state index contributed by atoms with van der Waals surface area (Å²) < 4.78 is 23.0. The molecule has 58 heavy (non-hydrogen) atoms. The molecule has 4 aromatic rings. The number of piperazine rings is 1. The number of nitrogens with one attached hydrogen (secondary N) is 3. The van der Waals surface area contributed by atoms with E-state index in [1.54, 1.807) is 31.6 Å². The molecule has 13 heteroatoms. The Bertz CT molecular complexity index is 1930. The summed E-state index contributed by atoms with van der Waals surface area (Å²) >= 11 is 0. The Kier molecular flexibility index (Phi) is 15.3. The van der Waals surface area contributed by atoms with Crippen LogP contribution < -0.4 is 25.6 Å². The van der Waals surface area contributed by atoms with Crippen LogP contribution >= 0.6 is 0 Å². The summed E-state index contributed by atoms with van der Waals surface area (Å²) in [5.41, 5.74) is 6.18. The molecule has 0 unspecified atom stereocenters. The second-order valence-corrected chi connectivity index (χ2v) is 15.8. The largest absolute Gasteiger partial charge is 0.491 e. The molecule has 0 saturated carbocycles. The van der Waals surface area contributed by atoms with E-state index in [1.165, 1.54) is 0 Å². The number of nitrogens with zero attached hydrogens (tertiary/aromatic N) is 4. The fraction of sp³-hybridized carbons (Fsp3) is 0.467. The summed E-state index contributed by atoms with van der Waals surface area (Å²) in [7, 11) is 1.71. The van der Waals surface area contributed by atoms with E-state index in [2.05, 4.69) is 65.7 Å². The first-order valence-electron chi connectivity index (χ1n) is 20.3. The molecule has 0 radical (unpaired) electrons. The Labute approximate surface area is 342 Å². The molecule has 6 rings (SSSR count). The highest BCUT2D eigenvalue weighted by Gasteiger charge is 2.40.